The second-order valence-electron chi connectivity index (χ2n) is 4.24. The lowest BCUT2D eigenvalue weighted by Gasteiger charge is -2.29. The fourth-order valence-corrected chi connectivity index (χ4v) is 2.12. The molecule has 0 saturated heterocycles. The van der Waals surface area contributed by atoms with Crippen LogP contribution in [0.4, 0.5) is 0 Å². The highest BCUT2D eigenvalue weighted by atomic mass is 32.2. The molecule has 0 aliphatic rings. The Labute approximate surface area is 99.2 Å². The molecule has 0 aromatic carbocycles. The van der Waals surface area contributed by atoms with E-state index in [-0.39, 0.29) is 5.41 Å². The van der Waals surface area contributed by atoms with Crippen LogP contribution in [-0.4, -0.2) is 36.8 Å². The highest BCUT2D eigenvalue weighted by molar-refractivity contribution is 7.98. The SMILES string of the molecule is CCC(CC)(CO)CNCCCCSC. The molecule has 0 saturated carbocycles. The van der Waals surface area contributed by atoms with Gasteiger partial charge in [0.25, 0.3) is 0 Å². The summed E-state index contributed by atoms with van der Waals surface area (Å²) in [7, 11) is 0. The van der Waals surface area contributed by atoms with Crippen molar-refractivity contribution in [3.63, 3.8) is 0 Å². The van der Waals surface area contributed by atoms with E-state index in [1.54, 1.807) is 0 Å². The average Bonchev–Trinajstić information content (AvgIpc) is 2.29. The van der Waals surface area contributed by atoms with Gasteiger partial charge in [0.05, 0.1) is 0 Å². The molecular formula is C12H27NOS. The lowest BCUT2D eigenvalue weighted by Crippen LogP contribution is -2.36. The van der Waals surface area contributed by atoms with Gasteiger partial charge in [0.2, 0.25) is 0 Å². The molecular weight excluding hydrogens is 206 g/mol. The van der Waals surface area contributed by atoms with Crippen LogP contribution in [0.5, 0.6) is 0 Å². The van der Waals surface area contributed by atoms with Gasteiger partial charge in [-0.3, -0.25) is 0 Å². The van der Waals surface area contributed by atoms with E-state index in [0.29, 0.717) is 6.61 Å². The van der Waals surface area contributed by atoms with Crippen molar-refractivity contribution < 1.29 is 5.11 Å². The van der Waals surface area contributed by atoms with Gasteiger partial charge in [0.1, 0.15) is 0 Å². The molecule has 0 aliphatic carbocycles. The monoisotopic (exact) mass is 233 g/mol. The predicted octanol–water partition coefficient (Wildman–Crippen LogP) is 2.52. The summed E-state index contributed by atoms with van der Waals surface area (Å²) in [5.41, 5.74) is 0.111. The first-order valence-corrected chi connectivity index (χ1v) is 7.44. The highest BCUT2D eigenvalue weighted by Gasteiger charge is 2.24. The molecule has 0 aromatic heterocycles. The van der Waals surface area contributed by atoms with Crippen molar-refractivity contribution in [3.05, 3.63) is 0 Å². The van der Waals surface area contributed by atoms with Crippen molar-refractivity contribution in [1.29, 1.82) is 0 Å². The molecule has 2 N–H and O–H groups in total. The fraction of sp³-hybridized carbons (Fsp3) is 1.00. The van der Waals surface area contributed by atoms with Crippen LogP contribution in [0.2, 0.25) is 0 Å². The van der Waals surface area contributed by atoms with E-state index < -0.39 is 0 Å². The van der Waals surface area contributed by atoms with Crippen LogP contribution in [0, 0.1) is 5.41 Å². The molecule has 0 unspecified atom stereocenters. The second-order valence-corrected chi connectivity index (χ2v) is 5.23. The van der Waals surface area contributed by atoms with Crippen molar-refractivity contribution in [1.82, 2.24) is 5.32 Å². The van der Waals surface area contributed by atoms with Crippen LogP contribution in [0.15, 0.2) is 0 Å². The van der Waals surface area contributed by atoms with E-state index in [2.05, 4.69) is 25.4 Å². The number of unbranched alkanes of at least 4 members (excludes halogenated alkanes) is 1. The molecule has 0 heterocycles. The third kappa shape index (κ3) is 6.44. The van der Waals surface area contributed by atoms with Gasteiger partial charge in [-0.05, 0) is 44.2 Å². The average molecular weight is 233 g/mol. The molecule has 0 bridgehead atoms. The first-order valence-electron chi connectivity index (χ1n) is 6.05. The summed E-state index contributed by atoms with van der Waals surface area (Å²) in [5.74, 6) is 1.26. The number of aliphatic hydroxyl groups is 1. The van der Waals surface area contributed by atoms with Crippen LogP contribution in [0.25, 0.3) is 0 Å². The summed E-state index contributed by atoms with van der Waals surface area (Å²) >= 11 is 1.91. The molecule has 0 aliphatic heterocycles. The molecule has 0 atom stereocenters. The Morgan fingerprint density at radius 3 is 2.33 bits per heavy atom. The van der Waals surface area contributed by atoms with Crippen LogP contribution < -0.4 is 5.32 Å². The van der Waals surface area contributed by atoms with E-state index >= 15 is 0 Å². The third-order valence-corrected chi connectivity index (χ3v) is 3.98. The quantitative estimate of drug-likeness (QED) is 0.569. The maximum atomic E-state index is 9.37. The summed E-state index contributed by atoms with van der Waals surface area (Å²) in [6.45, 7) is 6.67. The maximum Gasteiger partial charge on any atom is 0.0499 e. The van der Waals surface area contributed by atoms with E-state index in [0.717, 1.165) is 25.9 Å². The van der Waals surface area contributed by atoms with Gasteiger partial charge in [-0.1, -0.05) is 13.8 Å². The molecule has 15 heavy (non-hydrogen) atoms. The Kier molecular flexibility index (Phi) is 9.66. The smallest absolute Gasteiger partial charge is 0.0499 e. The Morgan fingerprint density at radius 1 is 1.20 bits per heavy atom. The minimum atomic E-state index is 0.111. The van der Waals surface area contributed by atoms with E-state index in [4.69, 9.17) is 0 Å². The Morgan fingerprint density at radius 2 is 1.87 bits per heavy atom. The molecule has 0 aromatic rings. The lowest BCUT2D eigenvalue weighted by molar-refractivity contribution is 0.113. The van der Waals surface area contributed by atoms with Crippen molar-refractivity contribution in [3.8, 4) is 0 Å². The first kappa shape index (κ1) is 15.3. The highest BCUT2D eigenvalue weighted by Crippen LogP contribution is 2.24. The summed E-state index contributed by atoms with van der Waals surface area (Å²) < 4.78 is 0. The lowest BCUT2D eigenvalue weighted by atomic mass is 9.83. The summed E-state index contributed by atoms with van der Waals surface area (Å²) in [5, 5.41) is 12.8. The molecule has 2 nitrogen and oxygen atoms in total. The molecule has 0 fully saturated rings. The van der Waals surface area contributed by atoms with Gasteiger partial charge in [-0.2, -0.15) is 11.8 Å². The van der Waals surface area contributed by atoms with Crippen molar-refractivity contribution in [2.45, 2.75) is 39.5 Å². The first-order chi connectivity index (χ1) is 7.24. The van der Waals surface area contributed by atoms with Crippen LogP contribution >= 0.6 is 11.8 Å². The standard InChI is InChI=1S/C12H27NOS/c1-4-12(5-2,11-14)10-13-8-6-7-9-15-3/h13-14H,4-11H2,1-3H3. The molecule has 0 spiro atoms. The zero-order valence-electron chi connectivity index (χ0n) is 10.5. The Balaban J connectivity index is 3.54. The van der Waals surface area contributed by atoms with Gasteiger partial charge in [-0.25, -0.2) is 0 Å². The Hall–Kier alpha value is 0.270. The molecule has 0 amide bonds. The molecule has 0 rings (SSSR count). The normalized spacial score (nSPS) is 12.0. The molecule has 92 valence electrons. The number of nitrogens with one attached hydrogen (secondary N) is 1. The van der Waals surface area contributed by atoms with E-state index in [1.165, 1.54) is 18.6 Å². The number of aliphatic hydroxyl groups excluding tert-OH is 1. The fourth-order valence-electron chi connectivity index (χ4n) is 1.63. The summed E-state index contributed by atoms with van der Waals surface area (Å²) in [6.07, 6.45) is 6.79. The molecule has 3 heteroatoms. The van der Waals surface area contributed by atoms with Crippen LogP contribution in [0.3, 0.4) is 0 Å². The van der Waals surface area contributed by atoms with Gasteiger partial charge in [0, 0.05) is 18.6 Å². The number of rotatable bonds is 10. The zero-order valence-corrected chi connectivity index (χ0v) is 11.3. The number of thioether (sulfide) groups is 1. The summed E-state index contributed by atoms with van der Waals surface area (Å²) in [4.78, 5) is 0. The van der Waals surface area contributed by atoms with E-state index in [9.17, 15) is 5.11 Å². The largest absolute Gasteiger partial charge is 0.396 e. The number of hydrogen-bond donors (Lipinski definition) is 2. The van der Waals surface area contributed by atoms with Crippen LogP contribution in [-0.2, 0) is 0 Å². The van der Waals surface area contributed by atoms with E-state index in [1.807, 2.05) is 11.8 Å². The third-order valence-electron chi connectivity index (χ3n) is 3.29. The minimum Gasteiger partial charge on any atom is -0.396 e. The Bertz CT molecular complexity index is 129. The minimum absolute atomic E-state index is 0.111. The van der Waals surface area contributed by atoms with Crippen LogP contribution in [0.1, 0.15) is 39.5 Å². The second kappa shape index (κ2) is 9.49. The topological polar surface area (TPSA) is 32.3 Å². The van der Waals surface area contributed by atoms with Crippen molar-refractivity contribution in [2.75, 3.05) is 31.7 Å². The molecule has 0 radical (unpaired) electrons. The van der Waals surface area contributed by atoms with Crippen molar-refractivity contribution in [2.24, 2.45) is 5.41 Å². The van der Waals surface area contributed by atoms with Gasteiger partial charge < -0.3 is 10.4 Å². The number of hydrogen-bond acceptors (Lipinski definition) is 3. The maximum absolute atomic E-state index is 9.37. The van der Waals surface area contributed by atoms with Crippen molar-refractivity contribution >= 4 is 11.8 Å². The summed E-state index contributed by atoms with van der Waals surface area (Å²) in [6, 6.07) is 0. The van der Waals surface area contributed by atoms with Gasteiger partial charge >= 0.3 is 0 Å². The zero-order chi connectivity index (χ0) is 11.6. The predicted molar refractivity (Wildman–Crippen MR) is 70.6 cm³/mol. The van der Waals surface area contributed by atoms with Gasteiger partial charge in [-0.15, -0.1) is 0 Å². The van der Waals surface area contributed by atoms with Gasteiger partial charge in [0.15, 0.2) is 0 Å².